The Morgan fingerprint density at radius 1 is 1.18 bits per heavy atom. The summed E-state index contributed by atoms with van der Waals surface area (Å²) in [6.07, 6.45) is 1.94. The van der Waals surface area contributed by atoms with E-state index in [4.69, 9.17) is 0 Å². The first kappa shape index (κ1) is 21.9. The van der Waals surface area contributed by atoms with Crippen molar-refractivity contribution in [2.45, 2.75) is 39.7 Å². The topological polar surface area (TPSA) is 61.9 Å². The van der Waals surface area contributed by atoms with Crippen molar-refractivity contribution < 1.29 is 23.1 Å². The monoisotopic (exact) mass is 397 g/mol. The fourth-order valence-electron chi connectivity index (χ4n) is 3.34. The van der Waals surface area contributed by atoms with Gasteiger partial charge in [-0.2, -0.15) is 8.78 Å². The van der Waals surface area contributed by atoms with Gasteiger partial charge in [-0.1, -0.05) is 12.1 Å². The molecule has 0 bridgehead atoms. The maximum atomic E-state index is 12.4. The highest BCUT2D eigenvalue weighted by molar-refractivity contribution is 5.79. The zero-order valence-corrected chi connectivity index (χ0v) is 16.5. The van der Waals surface area contributed by atoms with Gasteiger partial charge < -0.3 is 19.9 Å². The van der Waals surface area contributed by atoms with Crippen molar-refractivity contribution >= 4 is 11.9 Å². The Labute approximate surface area is 164 Å². The molecule has 1 fully saturated rings. The molecule has 1 heterocycles. The van der Waals surface area contributed by atoms with Gasteiger partial charge in [0.15, 0.2) is 0 Å². The van der Waals surface area contributed by atoms with Crippen LogP contribution < -0.4 is 10.1 Å². The molecule has 1 aromatic carbocycles. The number of hydrogen-bond acceptors (Lipinski definition) is 3. The first-order chi connectivity index (χ1) is 13.4. The summed E-state index contributed by atoms with van der Waals surface area (Å²) in [4.78, 5) is 28.3. The van der Waals surface area contributed by atoms with Crippen molar-refractivity contribution in [1.29, 1.82) is 0 Å². The minimum absolute atomic E-state index is 0.00703. The van der Waals surface area contributed by atoms with Gasteiger partial charge in [0.05, 0.1) is 0 Å². The number of benzene rings is 1. The van der Waals surface area contributed by atoms with Gasteiger partial charge in [0.1, 0.15) is 5.75 Å². The van der Waals surface area contributed by atoms with Crippen LogP contribution in [-0.2, 0) is 11.2 Å². The average Bonchev–Trinajstić information content (AvgIpc) is 2.69. The molecule has 1 N–H and O–H groups in total. The van der Waals surface area contributed by atoms with E-state index < -0.39 is 6.61 Å². The molecular weight excluding hydrogens is 368 g/mol. The second kappa shape index (κ2) is 10.8. The third kappa shape index (κ3) is 6.35. The van der Waals surface area contributed by atoms with Crippen LogP contribution in [0.25, 0.3) is 0 Å². The number of halogens is 2. The molecule has 156 valence electrons. The van der Waals surface area contributed by atoms with Crippen molar-refractivity contribution in [3.8, 4) is 5.75 Å². The number of nitrogens with zero attached hydrogens (tertiary/aromatic N) is 2. The maximum Gasteiger partial charge on any atom is 0.387 e. The number of ether oxygens (including phenoxy) is 1. The second-order valence-electron chi connectivity index (χ2n) is 6.78. The van der Waals surface area contributed by atoms with Gasteiger partial charge in [0.2, 0.25) is 5.91 Å². The van der Waals surface area contributed by atoms with Crippen LogP contribution in [0, 0.1) is 5.92 Å². The first-order valence-electron chi connectivity index (χ1n) is 9.79. The Bertz CT molecular complexity index is 628. The molecule has 1 aliphatic heterocycles. The molecule has 0 radical (unpaired) electrons. The molecule has 0 aliphatic carbocycles. The number of carbonyl (C=O) groups is 2. The van der Waals surface area contributed by atoms with E-state index in [1.54, 1.807) is 17.0 Å². The molecule has 8 heteroatoms. The molecule has 0 unspecified atom stereocenters. The lowest BCUT2D eigenvalue weighted by atomic mass is 9.96. The van der Waals surface area contributed by atoms with Crippen LogP contribution in [0.15, 0.2) is 24.3 Å². The smallest absolute Gasteiger partial charge is 0.387 e. The highest BCUT2D eigenvalue weighted by atomic mass is 19.3. The second-order valence-corrected chi connectivity index (χ2v) is 6.78. The fraction of sp³-hybridized carbons (Fsp3) is 0.600. The molecule has 0 spiro atoms. The SMILES string of the molecule is CCN(CC)C(=O)N1CCC(C(=O)NCCc2ccc(OC(F)F)cc2)CC1. The molecule has 6 nitrogen and oxygen atoms in total. The van der Waals surface area contributed by atoms with Gasteiger partial charge in [-0.05, 0) is 50.8 Å². The average molecular weight is 397 g/mol. The molecule has 28 heavy (non-hydrogen) atoms. The Morgan fingerprint density at radius 2 is 1.79 bits per heavy atom. The summed E-state index contributed by atoms with van der Waals surface area (Å²) in [5.41, 5.74) is 0.932. The van der Waals surface area contributed by atoms with E-state index in [0.717, 1.165) is 5.56 Å². The lowest BCUT2D eigenvalue weighted by molar-refractivity contribution is -0.126. The van der Waals surface area contributed by atoms with Crippen molar-refractivity contribution in [2.75, 3.05) is 32.7 Å². The van der Waals surface area contributed by atoms with Crippen LogP contribution in [0.1, 0.15) is 32.3 Å². The summed E-state index contributed by atoms with van der Waals surface area (Å²) < 4.78 is 28.6. The van der Waals surface area contributed by atoms with Crippen molar-refractivity contribution in [3.63, 3.8) is 0 Å². The van der Waals surface area contributed by atoms with Gasteiger partial charge in [0.25, 0.3) is 0 Å². The molecular formula is C20H29F2N3O3. The van der Waals surface area contributed by atoms with Crippen molar-refractivity contribution in [3.05, 3.63) is 29.8 Å². The van der Waals surface area contributed by atoms with Crippen molar-refractivity contribution in [2.24, 2.45) is 5.92 Å². The van der Waals surface area contributed by atoms with Gasteiger partial charge in [-0.25, -0.2) is 4.79 Å². The molecule has 0 aromatic heterocycles. The number of rotatable bonds is 8. The van der Waals surface area contributed by atoms with Gasteiger partial charge in [-0.15, -0.1) is 0 Å². The highest BCUT2D eigenvalue weighted by Crippen LogP contribution is 2.19. The fourth-order valence-corrected chi connectivity index (χ4v) is 3.34. The van der Waals surface area contributed by atoms with Crippen LogP contribution >= 0.6 is 0 Å². The Hall–Kier alpha value is -2.38. The largest absolute Gasteiger partial charge is 0.435 e. The minimum Gasteiger partial charge on any atom is -0.435 e. The molecule has 3 amide bonds. The third-order valence-electron chi connectivity index (χ3n) is 5.03. The predicted octanol–water partition coefficient (Wildman–Crippen LogP) is 3.12. The molecule has 0 saturated carbocycles. The van der Waals surface area contributed by atoms with E-state index in [-0.39, 0.29) is 23.6 Å². The standard InChI is InChI=1S/C20H29F2N3O3/c1-3-24(4-2)20(27)25-13-10-16(11-14-25)18(26)23-12-9-15-5-7-17(8-6-15)28-19(21)22/h5-8,16,19H,3-4,9-14H2,1-2H3,(H,23,26). The zero-order chi connectivity index (χ0) is 20.5. The summed E-state index contributed by atoms with van der Waals surface area (Å²) in [6.45, 7) is 4.13. The number of nitrogens with one attached hydrogen (secondary N) is 1. The number of hydrogen-bond donors (Lipinski definition) is 1. The normalized spacial score (nSPS) is 14.8. The summed E-state index contributed by atoms with van der Waals surface area (Å²) in [5.74, 6) is 0.0453. The molecule has 1 aromatic rings. The number of alkyl halides is 2. The summed E-state index contributed by atoms with van der Waals surface area (Å²) in [5, 5.41) is 2.93. The molecule has 2 rings (SSSR count). The lowest BCUT2D eigenvalue weighted by Gasteiger charge is -2.34. The van der Waals surface area contributed by atoms with Crippen LogP contribution in [0.2, 0.25) is 0 Å². The first-order valence-corrected chi connectivity index (χ1v) is 9.79. The quantitative estimate of drug-likeness (QED) is 0.733. The molecule has 1 aliphatic rings. The summed E-state index contributed by atoms with van der Waals surface area (Å²) in [7, 11) is 0. The Morgan fingerprint density at radius 3 is 2.32 bits per heavy atom. The Kier molecular flexibility index (Phi) is 8.47. The number of amides is 3. The van der Waals surface area contributed by atoms with Crippen LogP contribution in [0.4, 0.5) is 13.6 Å². The third-order valence-corrected chi connectivity index (χ3v) is 5.03. The van der Waals surface area contributed by atoms with Crippen LogP contribution in [0.5, 0.6) is 5.75 Å². The van der Waals surface area contributed by atoms with E-state index in [2.05, 4.69) is 10.1 Å². The van der Waals surface area contributed by atoms with E-state index >= 15 is 0 Å². The van der Waals surface area contributed by atoms with E-state index in [9.17, 15) is 18.4 Å². The number of urea groups is 1. The number of likely N-dealkylation sites (tertiary alicyclic amines) is 1. The Balaban J connectivity index is 1.71. The van der Waals surface area contributed by atoms with Crippen LogP contribution in [0.3, 0.4) is 0 Å². The molecule has 0 atom stereocenters. The lowest BCUT2D eigenvalue weighted by Crippen LogP contribution is -2.48. The number of carbonyl (C=O) groups excluding carboxylic acids is 2. The summed E-state index contributed by atoms with van der Waals surface area (Å²) in [6, 6.07) is 6.45. The van der Waals surface area contributed by atoms with E-state index in [1.165, 1.54) is 12.1 Å². The van der Waals surface area contributed by atoms with Gasteiger partial charge >= 0.3 is 12.6 Å². The predicted molar refractivity (Wildman–Crippen MR) is 102 cm³/mol. The summed E-state index contributed by atoms with van der Waals surface area (Å²) >= 11 is 0. The van der Waals surface area contributed by atoms with Gasteiger partial charge in [-0.3, -0.25) is 4.79 Å². The number of piperidine rings is 1. The zero-order valence-electron chi connectivity index (χ0n) is 16.5. The molecule has 1 saturated heterocycles. The minimum atomic E-state index is -2.83. The van der Waals surface area contributed by atoms with Gasteiger partial charge in [0, 0.05) is 38.6 Å². The van der Waals surface area contributed by atoms with Crippen molar-refractivity contribution in [1.82, 2.24) is 15.1 Å². The van der Waals surface area contributed by atoms with Crippen LogP contribution in [-0.4, -0.2) is 61.1 Å². The maximum absolute atomic E-state index is 12.4. The van der Waals surface area contributed by atoms with E-state index in [0.29, 0.717) is 52.0 Å². The van der Waals surface area contributed by atoms with E-state index in [1.807, 2.05) is 18.7 Å². The highest BCUT2D eigenvalue weighted by Gasteiger charge is 2.28.